The van der Waals surface area contributed by atoms with Crippen LogP contribution in [0.2, 0.25) is 10.0 Å². The van der Waals surface area contributed by atoms with E-state index in [1.807, 2.05) is 65.6 Å². The Balaban J connectivity index is 1.11. The summed E-state index contributed by atoms with van der Waals surface area (Å²) in [7, 11) is 0. The monoisotopic (exact) mass is 620 g/mol. The molecule has 6 rings (SSSR count). The summed E-state index contributed by atoms with van der Waals surface area (Å²) in [6.07, 6.45) is 6.09. The van der Waals surface area contributed by atoms with Gasteiger partial charge in [0.1, 0.15) is 11.8 Å². The number of ether oxygens (including phenoxy) is 1. The van der Waals surface area contributed by atoms with E-state index in [0.717, 1.165) is 54.8 Å². The fourth-order valence-electron chi connectivity index (χ4n) is 5.59. The lowest BCUT2D eigenvalue weighted by molar-refractivity contribution is -0.136. The molecule has 9 heteroatoms. The highest BCUT2D eigenvalue weighted by Crippen LogP contribution is 2.33. The highest BCUT2D eigenvalue weighted by Gasteiger charge is 2.41. The Morgan fingerprint density at radius 2 is 1.79 bits per heavy atom. The molecule has 226 valence electrons. The molecular formula is C34H38Cl2N4O3. The smallest absolute Gasteiger partial charge is 0.247 e. The van der Waals surface area contributed by atoms with Crippen molar-refractivity contribution in [2.45, 2.75) is 69.7 Å². The Hall–Kier alpha value is -3.10. The van der Waals surface area contributed by atoms with E-state index in [-0.39, 0.29) is 24.4 Å². The Labute approximate surface area is 263 Å². The summed E-state index contributed by atoms with van der Waals surface area (Å²) in [5.74, 6) is 0.619. The van der Waals surface area contributed by atoms with Crippen molar-refractivity contribution in [3.63, 3.8) is 0 Å². The van der Waals surface area contributed by atoms with Gasteiger partial charge >= 0.3 is 0 Å². The number of halogens is 2. The molecule has 3 aromatic carbocycles. The minimum atomic E-state index is -0.614. The molecule has 43 heavy (non-hydrogen) atoms. The summed E-state index contributed by atoms with van der Waals surface area (Å²) in [6.45, 7) is 2.43. The predicted octanol–water partition coefficient (Wildman–Crippen LogP) is 5.75. The molecule has 2 aliphatic carbocycles. The summed E-state index contributed by atoms with van der Waals surface area (Å²) in [5.41, 5.74) is 4.00. The van der Waals surface area contributed by atoms with Gasteiger partial charge in [0.05, 0.1) is 13.2 Å². The van der Waals surface area contributed by atoms with Crippen LogP contribution in [-0.4, -0.2) is 54.5 Å². The van der Waals surface area contributed by atoms with Crippen LogP contribution in [0.3, 0.4) is 0 Å². The van der Waals surface area contributed by atoms with E-state index in [9.17, 15) is 9.59 Å². The first kappa shape index (κ1) is 29.9. The minimum Gasteiger partial charge on any atom is -0.494 e. The number of carbonyl (C=O) groups is 2. The number of rotatable bonds is 13. The molecule has 0 bridgehead atoms. The van der Waals surface area contributed by atoms with Gasteiger partial charge in [0.2, 0.25) is 11.8 Å². The second-order valence-corrected chi connectivity index (χ2v) is 12.6. The number of nitrogens with zero attached hydrogens (tertiary/aromatic N) is 2. The maximum atomic E-state index is 14.1. The van der Waals surface area contributed by atoms with E-state index < -0.39 is 6.04 Å². The second-order valence-electron chi connectivity index (χ2n) is 11.8. The summed E-state index contributed by atoms with van der Waals surface area (Å²) < 4.78 is 5.81. The third-order valence-electron chi connectivity index (χ3n) is 8.26. The second kappa shape index (κ2) is 13.7. The molecule has 2 saturated carbocycles. The third kappa shape index (κ3) is 7.90. The van der Waals surface area contributed by atoms with Gasteiger partial charge in [-0.15, -0.1) is 0 Å². The standard InChI is InChI=1S/C34H38Cl2N4O3/c35-26-4-1-5-30(18-26)43-16-2-3-23-6-11-29(12-7-23)40-32(20-37-21-33(40)41)34(42)39(28-13-14-28)22-25-17-24(8-15-31(25)36)19-38-27-9-10-27/h1,4-8,11-12,15,17-18,27-28,32,37-38H,2-3,9-10,13-14,16,19-22H2/t32-/m1/s1. The number of hydrogen-bond donors (Lipinski definition) is 2. The van der Waals surface area contributed by atoms with Crippen LogP contribution in [0.25, 0.3) is 0 Å². The van der Waals surface area contributed by atoms with Crippen LogP contribution < -0.4 is 20.3 Å². The van der Waals surface area contributed by atoms with Gasteiger partial charge in [-0.1, -0.05) is 53.5 Å². The summed E-state index contributed by atoms with van der Waals surface area (Å²) >= 11 is 12.7. The Bertz CT molecular complexity index is 1440. The molecular weight excluding hydrogens is 583 g/mol. The number of hydrogen-bond acceptors (Lipinski definition) is 5. The quantitative estimate of drug-likeness (QED) is 0.238. The number of aryl methyl sites for hydroxylation is 1. The molecule has 0 spiro atoms. The van der Waals surface area contributed by atoms with Gasteiger partial charge in [0.15, 0.2) is 0 Å². The van der Waals surface area contributed by atoms with Gasteiger partial charge in [-0.2, -0.15) is 0 Å². The van der Waals surface area contributed by atoms with Gasteiger partial charge in [-0.25, -0.2) is 0 Å². The predicted molar refractivity (Wildman–Crippen MR) is 171 cm³/mol. The first-order valence-electron chi connectivity index (χ1n) is 15.3. The van der Waals surface area contributed by atoms with Crippen molar-refractivity contribution in [2.75, 3.05) is 24.6 Å². The maximum Gasteiger partial charge on any atom is 0.247 e. The summed E-state index contributed by atoms with van der Waals surface area (Å²) in [6, 6.07) is 21.6. The van der Waals surface area contributed by atoms with E-state index in [4.69, 9.17) is 27.9 Å². The first-order valence-corrected chi connectivity index (χ1v) is 16.0. The molecule has 7 nitrogen and oxygen atoms in total. The lowest BCUT2D eigenvalue weighted by Crippen LogP contribution is -2.61. The highest BCUT2D eigenvalue weighted by atomic mass is 35.5. The average Bonchev–Trinajstić information content (AvgIpc) is 3.94. The van der Waals surface area contributed by atoms with Crippen molar-refractivity contribution in [1.82, 2.24) is 15.5 Å². The molecule has 2 N–H and O–H groups in total. The summed E-state index contributed by atoms with van der Waals surface area (Å²) in [5, 5.41) is 8.03. The lowest BCUT2D eigenvalue weighted by atomic mass is 10.1. The first-order chi connectivity index (χ1) is 20.9. The number of anilines is 1. The zero-order chi connectivity index (χ0) is 29.8. The van der Waals surface area contributed by atoms with Crippen LogP contribution in [0.15, 0.2) is 66.7 Å². The van der Waals surface area contributed by atoms with Crippen molar-refractivity contribution in [3.8, 4) is 5.75 Å². The Morgan fingerprint density at radius 3 is 2.53 bits per heavy atom. The number of benzene rings is 3. The molecule has 3 fully saturated rings. The van der Waals surface area contributed by atoms with Crippen molar-refractivity contribution in [3.05, 3.63) is 93.5 Å². The van der Waals surface area contributed by atoms with E-state index in [1.54, 1.807) is 4.90 Å². The van der Waals surface area contributed by atoms with E-state index >= 15 is 0 Å². The molecule has 0 aromatic heterocycles. The molecule has 0 unspecified atom stereocenters. The number of amides is 2. The molecule has 1 heterocycles. The zero-order valence-electron chi connectivity index (χ0n) is 24.2. The number of piperazine rings is 1. The summed E-state index contributed by atoms with van der Waals surface area (Å²) in [4.78, 5) is 30.9. The van der Waals surface area contributed by atoms with Crippen molar-refractivity contribution in [1.29, 1.82) is 0 Å². The van der Waals surface area contributed by atoms with Gasteiger partial charge < -0.3 is 20.3 Å². The van der Waals surface area contributed by atoms with Crippen LogP contribution >= 0.6 is 23.2 Å². The average molecular weight is 622 g/mol. The topological polar surface area (TPSA) is 73.9 Å². The van der Waals surface area contributed by atoms with E-state index in [1.165, 1.54) is 18.4 Å². The molecule has 3 aliphatic rings. The third-order valence-corrected chi connectivity index (χ3v) is 8.87. The van der Waals surface area contributed by atoms with E-state index in [0.29, 0.717) is 35.8 Å². The van der Waals surface area contributed by atoms with Crippen molar-refractivity contribution in [2.24, 2.45) is 0 Å². The van der Waals surface area contributed by atoms with Crippen molar-refractivity contribution < 1.29 is 14.3 Å². The normalized spacial score (nSPS) is 18.5. The number of carbonyl (C=O) groups excluding carboxylic acids is 2. The Morgan fingerprint density at radius 1 is 1.00 bits per heavy atom. The van der Waals surface area contributed by atoms with Gasteiger partial charge in [-0.3, -0.25) is 14.5 Å². The van der Waals surface area contributed by atoms with Crippen LogP contribution in [-0.2, 0) is 29.1 Å². The molecule has 0 radical (unpaired) electrons. The molecule has 2 amide bonds. The minimum absolute atomic E-state index is 0.0390. The maximum absolute atomic E-state index is 14.1. The fourth-order valence-corrected chi connectivity index (χ4v) is 5.95. The largest absolute Gasteiger partial charge is 0.494 e. The SMILES string of the molecule is O=C([C@H]1CNCC(=O)N1c1ccc(CCCOc2cccc(Cl)c2)cc1)N(Cc1cc(CNC2CC2)ccc1Cl)C1CC1. The zero-order valence-corrected chi connectivity index (χ0v) is 25.7. The van der Waals surface area contributed by atoms with Gasteiger partial charge in [-0.05, 0) is 91.6 Å². The van der Waals surface area contributed by atoms with Crippen LogP contribution in [0.5, 0.6) is 5.75 Å². The number of nitrogens with one attached hydrogen (secondary N) is 2. The van der Waals surface area contributed by atoms with Gasteiger partial charge in [0, 0.05) is 47.5 Å². The van der Waals surface area contributed by atoms with E-state index in [2.05, 4.69) is 16.7 Å². The van der Waals surface area contributed by atoms with Gasteiger partial charge in [0.25, 0.3) is 0 Å². The van der Waals surface area contributed by atoms with Crippen LogP contribution in [0.4, 0.5) is 5.69 Å². The van der Waals surface area contributed by atoms with Crippen LogP contribution in [0.1, 0.15) is 48.8 Å². The molecule has 1 saturated heterocycles. The Kier molecular flexibility index (Phi) is 9.53. The molecule has 3 aromatic rings. The molecule has 1 aliphatic heterocycles. The lowest BCUT2D eigenvalue weighted by Gasteiger charge is -2.38. The van der Waals surface area contributed by atoms with Crippen LogP contribution in [0, 0.1) is 0 Å². The fraction of sp³-hybridized carbons (Fsp3) is 0.412. The molecule has 1 atom stereocenters. The highest BCUT2D eigenvalue weighted by molar-refractivity contribution is 6.31. The van der Waals surface area contributed by atoms with Crippen molar-refractivity contribution >= 4 is 40.7 Å².